The van der Waals surface area contributed by atoms with Crippen molar-refractivity contribution in [3.05, 3.63) is 87.7 Å². The van der Waals surface area contributed by atoms with E-state index in [-0.39, 0.29) is 11.6 Å². The van der Waals surface area contributed by atoms with Gasteiger partial charge in [0, 0.05) is 35.8 Å². The first kappa shape index (κ1) is 26.0. The van der Waals surface area contributed by atoms with Crippen LogP contribution in [0.4, 0.5) is 0 Å². The fourth-order valence-corrected chi connectivity index (χ4v) is 5.02. The number of aromatic nitrogens is 5. The van der Waals surface area contributed by atoms with Crippen molar-refractivity contribution in [1.82, 2.24) is 35.3 Å². The summed E-state index contributed by atoms with van der Waals surface area (Å²) >= 11 is 13.0. The zero-order chi connectivity index (χ0) is 28.0. The molecule has 0 spiro atoms. The van der Waals surface area contributed by atoms with E-state index < -0.39 is 11.4 Å². The van der Waals surface area contributed by atoms with Crippen molar-refractivity contribution in [3.63, 3.8) is 0 Å². The number of hydrogen-bond acceptors (Lipinski definition) is 7. The maximum absolute atomic E-state index is 13.0. The summed E-state index contributed by atoms with van der Waals surface area (Å²) in [5.41, 5.74) is 3.07. The van der Waals surface area contributed by atoms with Crippen molar-refractivity contribution in [2.24, 2.45) is 0 Å². The molecular weight excluding hydrogens is 553 g/mol. The zero-order valence-electron chi connectivity index (χ0n) is 21.5. The Bertz CT molecular complexity index is 1760. The second-order valence-corrected chi connectivity index (χ2v) is 10.5. The molecule has 10 nitrogen and oxygen atoms in total. The van der Waals surface area contributed by atoms with Crippen LogP contribution in [0.15, 0.2) is 59.4 Å². The smallest absolute Gasteiger partial charge is 0.272 e. The molecule has 3 heterocycles. The Morgan fingerprint density at radius 2 is 1.82 bits per heavy atom. The molecule has 0 bridgehead atoms. The van der Waals surface area contributed by atoms with Crippen LogP contribution in [0.1, 0.15) is 40.5 Å². The number of fused-ring (bicyclic) bond motifs is 1. The summed E-state index contributed by atoms with van der Waals surface area (Å²) in [7, 11) is 0. The monoisotopic (exact) mass is 575 g/mol. The lowest BCUT2D eigenvalue weighted by atomic mass is 10.1. The number of carbonyl (C=O) groups is 2. The van der Waals surface area contributed by atoms with Gasteiger partial charge in [-0.15, -0.1) is 0 Å². The van der Waals surface area contributed by atoms with Crippen LogP contribution in [0.3, 0.4) is 0 Å². The van der Waals surface area contributed by atoms with E-state index in [2.05, 4.69) is 30.7 Å². The normalized spacial score (nSPS) is 13.8. The molecule has 3 aromatic heterocycles. The Kier molecular flexibility index (Phi) is 6.52. The molecule has 1 saturated carbocycles. The SMILES string of the molecule is Cc1cnc(C(=O)NC2(C(=O)NCc3ccc(-n4c(-c5noc(C)n5)c(Cl)c5cc(Cl)ccc54)cc3)CC2)cn1. The summed E-state index contributed by atoms with van der Waals surface area (Å²) in [5, 5.41) is 11.6. The number of benzene rings is 2. The maximum Gasteiger partial charge on any atom is 0.272 e. The Morgan fingerprint density at radius 3 is 2.48 bits per heavy atom. The fourth-order valence-electron chi connectivity index (χ4n) is 4.53. The van der Waals surface area contributed by atoms with Crippen molar-refractivity contribution in [2.75, 3.05) is 0 Å². The summed E-state index contributed by atoms with van der Waals surface area (Å²) in [5.74, 6) is 0.124. The maximum atomic E-state index is 13.0. The molecule has 0 saturated heterocycles. The predicted molar refractivity (Wildman–Crippen MR) is 149 cm³/mol. The number of rotatable bonds is 7. The molecule has 1 aliphatic rings. The number of aryl methyl sites for hydroxylation is 2. The quantitative estimate of drug-likeness (QED) is 0.280. The zero-order valence-corrected chi connectivity index (χ0v) is 23.0. The third kappa shape index (κ3) is 4.80. The van der Waals surface area contributed by atoms with E-state index in [4.69, 9.17) is 27.7 Å². The summed E-state index contributed by atoms with van der Waals surface area (Å²) in [6.45, 7) is 3.79. The molecule has 40 heavy (non-hydrogen) atoms. The first-order chi connectivity index (χ1) is 19.2. The third-order valence-corrected chi connectivity index (χ3v) is 7.42. The molecular formula is C28H23Cl2N7O3. The Morgan fingerprint density at radius 1 is 1.05 bits per heavy atom. The van der Waals surface area contributed by atoms with Gasteiger partial charge in [-0.25, -0.2) is 4.98 Å². The van der Waals surface area contributed by atoms with E-state index in [0.717, 1.165) is 22.2 Å². The van der Waals surface area contributed by atoms with Crippen LogP contribution in [0.5, 0.6) is 0 Å². The number of carbonyl (C=O) groups excluding carboxylic acids is 2. The fraction of sp³-hybridized carbons (Fsp3) is 0.214. The van der Waals surface area contributed by atoms with Crippen LogP contribution in [-0.2, 0) is 11.3 Å². The molecule has 0 unspecified atom stereocenters. The highest BCUT2D eigenvalue weighted by molar-refractivity contribution is 6.39. The molecule has 0 aliphatic heterocycles. The molecule has 2 aromatic carbocycles. The highest BCUT2D eigenvalue weighted by atomic mass is 35.5. The van der Waals surface area contributed by atoms with Gasteiger partial charge in [-0.1, -0.05) is 40.5 Å². The Balaban J connectivity index is 1.20. The number of nitrogens with one attached hydrogen (secondary N) is 2. The van der Waals surface area contributed by atoms with Gasteiger partial charge in [-0.2, -0.15) is 4.98 Å². The molecule has 1 aliphatic carbocycles. The van der Waals surface area contributed by atoms with Gasteiger partial charge in [0.05, 0.1) is 22.4 Å². The molecule has 0 atom stereocenters. The number of hydrogen-bond donors (Lipinski definition) is 2. The van der Waals surface area contributed by atoms with Crippen molar-refractivity contribution >= 4 is 45.9 Å². The molecule has 5 aromatic rings. The van der Waals surface area contributed by atoms with Crippen molar-refractivity contribution in [1.29, 1.82) is 0 Å². The average molecular weight is 576 g/mol. The summed E-state index contributed by atoms with van der Waals surface area (Å²) in [4.78, 5) is 38.1. The van der Waals surface area contributed by atoms with Crippen LogP contribution < -0.4 is 10.6 Å². The highest BCUT2D eigenvalue weighted by Crippen LogP contribution is 2.40. The average Bonchev–Trinajstić information content (AvgIpc) is 3.52. The van der Waals surface area contributed by atoms with Crippen LogP contribution in [0.25, 0.3) is 28.1 Å². The minimum atomic E-state index is -0.927. The Hall–Kier alpha value is -4.28. The van der Waals surface area contributed by atoms with Crippen LogP contribution >= 0.6 is 23.2 Å². The first-order valence-electron chi connectivity index (χ1n) is 12.5. The Labute approximate surface area is 238 Å². The summed E-state index contributed by atoms with van der Waals surface area (Å²) in [6, 6.07) is 13.2. The standard InChI is InChI=1S/C28H23Cl2N7O3/c1-15-12-32-21(14-31-15)26(38)35-28(9-10-28)27(39)33-13-17-3-6-19(7-4-17)37-22-8-5-18(29)11-20(22)23(30)24(37)25-34-16(2)40-36-25/h3-8,11-12,14H,9-10,13H2,1-2H3,(H,33,39)(H,35,38). The largest absolute Gasteiger partial charge is 0.350 e. The van der Waals surface area contributed by atoms with E-state index in [0.29, 0.717) is 52.5 Å². The molecule has 6 rings (SSSR count). The first-order valence-corrected chi connectivity index (χ1v) is 13.3. The molecule has 12 heteroatoms. The lowest BCUT2D eigenvalue weighted by Gasteiger charge is -2.17. The second-order valence-electron chi connectivity index (χ2n) is 9.72. The number of halogens is 2. The van der Waals surface area contributed by atoms with E-state index in [9.17, 15) is 9.59 Å². The van der Waals surface area contributed by atoms with Gasteiger partial charge >= 0.3 is 0 Å². The van der Waals surface area contributed by atoms with Gasteiger partial charge in [0.2, 0.25) is 17.6 Å². The molecule has 2 N–H and O–H groups in total. The highest BCUT2D eigenvalue weighted by Gasteiger charge is 2.51. The van der Waals surface area contributed by atoms with Gasteiger partial charge in [-0.3, -0.25) is 14.6 Å². The lowest BCUT2D eigenvalue weighted by Crippen LogP contribution is -2.49. The summed E-state index contributed by atoms with van der Waals surface area (Å²) in [6.07, 6.45) is 4.05. The number of amides is 2. The molecule has 0 radical (unpaired) electrons. The molecule has 2 amide bonds. The van der Waals surface area contributed by atoms with Gasteiger partial charge in [0.1, 0.15) is 16.9 Å². The van der Waals surface area contributed by atoms with E-state index >= 15 is 0 Å². The van der Waals surface area contributed by atoms with Crippen molar-refractivity contribution < 1.29 is 14.1 Å². The molecule has 1 fully saturated rings. The van der Waals surface area contributed by atoms with E-state index in [1.807, 2.05) is 34.9 Å². The van der Waals surface area contributed by atoms with Gasteiger partial charge < -0.3 is 19.7 Å². The predicted octanol–water partition coefficient (Wildman–Crippen LogP) is 4.97. The van der Waals surface area contributed by atoms with E-state index in [1.165, 1.54) is 12.4 Å². The summed E-state index contributed by atoms with van der Waals surface area (Å²) < 4.78 is 7.16. The minimum absolute atomic E-state index is 0.176. The van der Waals surface area contributed by atoms with Gasteiger partial charge in [-0.05, 0) is 55.7 Å². The van der Waals surface area contributed by atoms with Gasteiger partial charge in [0.25, 0.3) is 5.91 Å². The van der Waals surface area contributed by atoms with E-state index in [1.54, 1.807) is 26.0 Å². The van der Waals surface area contributed by atoms with Crippen molar-refractivity contribution in [3.8, 4) is 17.2 Å². The third-order valence-electron chi connectivity index (χ3n) is 6.81. The lowest BCUT2D eigenvalue weighted by molar-refractivity contribution is -0.124. The van der Waals surface area contributed by atoms with Gasteiger partial charge in [0.15, 0.2) is 0 Å². The topological polar surface area (TPSA) is 128 Å². The van der Waals surface area contributed by atoms with Crippen LogP contribution in [0, 0.1) is 13.8 Å². The second kappa shape index (κ2) is 10.0. The molecule has 202 valence electrons. The number of nitrogens with zero attached hydrogens (tertiary/aromatic N) is 5. The minimum Gasteiger partial charge on any atom is -0.350 e. The van der Waals surface area contributed by atoms with Crippen LogP contribution in [-0.4, -0.2) is 42.0 Å². The van der Waals surface area contributed by atoms with Crippen molar-refractivity contribution in [2.45, 2.75) is 38.8 Å². The van der Waals surface area contributed by atoms with Crippen LogP contribution in [0.2, 0.25) is 10.0 Å².